The maximum absolute atomic E-state index is 12.9. The molecule has 1 aliphatic rings. The van der Waals surface area contributed by atoms with E-state index in [-0.39, 0.29) is 5.91 Å². The van der Waals surface area contributed by atoms with Gasteiger partial charge in [0.1, 0.15) is 5.01 Å². The number of fused-ring (bicyclic) bond motifs is 1. The Morgan fingerprint density at radius 3 is 2.56 bits per heavy atom. The topological polar surface area (TPSA) is 66.6 Å². The van der Waals surface area contributed by atoms with E-state index in [1.165, 1.54) is 0 Å². The summed E-state index contributed by atoms with van der Waals surface area (Å²) in [6.45, 7) is 10.2. The molecule has 1 aliphatic heterocycles. The second-order valence-electron chi connectivity index (χ2n) is 8.98. The van der Waals surface area contributed by atoms with Crippen molar-refractivity contribution in [2.24, 2.45) is 0 Å². The highest BCUT2D eigenvalue weighted by atomic mass is 32.1. The number of nitrogens with zero attached hydrogens (tertiary/aromatic N) is 6. The zero-order valence-electron chi connectivity index (χ0n) is 20.0. The number of thiazole rings is 1. The highest BCUT2D eigenvalue weighted by Crippen LogP contribution is 2.24. The molecule has 1 saturated heterocycles. The Labute approximate surface area is 204 Å². The van der Waals surface area contributed by atoms with Gasteiger partial charge in [-0.2, -0.15) is 5.10 Å². The lowest BCUT2D eigenvalue weighted by Gasteiger charge is -2.34. The van der Waals surface area contributed by atoms with Crippen LogP contribution < -0.4 is 0 Å². The summed E-state index contributed by atoms with van der Waals surface area (Å²) >= 11 is 1.69. The lowest BCUT2D eigenvalue weighted by atomic mass is 10.1. The fraction of sp³-hybridized carbons (Fsp3) is 0.385. The molecular weight excluding hydrogens is 444 g/mol. The van der Waals surface area contributed by atoms with Gasteiger partial charge in [0, 0.05) is 67.5 Å². The van der Waals surface area contributed by atoms with Gasteiger partial charge in [0.15, 0.2) is 5.65 Å². The van der Waals surface area contributed by atoms with Gasteiger partial charge in [0.05, 0.1) is 11.4 Å². The van der Waals surface area contributed by atoms with Crippen LogP contribution in [-0.4, -0.2) is 61.5 Å². The van der Waals surface area contributed by atoms with Crippen LogP contribution in [0.25, 0.3) is 16.2 Å². The molecule has 0 unspecified atom stereocenters. The molecule has 1 aromatic carbocycles. The van der Waals surface area contributed by atoms with Crippen molar-refractivity contribution >= 4 is 22.9 Å². The van der Waals surface area contributed by atoms with Crippen LogP contribution in [0.4, 0.5) is 0 Å². The van der Waals surface area contributed by atoms with Crippen molar-refractivity contribution in [2.45, 2.75) is 40.2 Å². The van der Waals surface area contributed by atoms with Gasteiger partial charge in [0.25, 0.3) is 0 Å². The van der Waals surface area contributed by atoms with Gasteiger partial charge in [0.2, 0.25) is 5.91 Å². The fourth-order valence-electron chi connectivity index (χ4n) is 4.67. The van der Waals surface area contributed by atoms with Gasteiger partial charge in [-0.05, 0) is 32.8 Å². The molecule has 0 atom stereocenters. The second kappa shape index (κ2) is 9.64. The minimum atomic E-state index is 0.218. The van der Waals surface area contributed by atoms with E-state index in [1.54, 1.807) is 11.3 Å². The average Bonchev–Trinajstić information content (AvgIpc) is 3.46. The third-order valence-electron chi connectivity index (χ3n) is 6.56. The van der Waals surface area contributed by atoms with E-state index >= 15 is 0 Å². The summed E-state index contributed by atoms with van der Waals surface area (Å²) in [6, 6.07) is 12.3. The lowest BCUT2D eigenvalue weighted by Crippen LogP contribution is -2.48. The monoisotopic (exact) mass is 474 g/mol. The van der Waals surface area contributed by atoms with Crippen LogP contribution in [0.1, 0.15) is 34.8 Å². The van der Waals surface area contributed by atoms with E-state index in [0.717, 1.165) is 77.3 Å². The summed E-state index contributed by atoms with van der Waals surface area (Å²) in [5.74, 6) is 0.218. The number of hydrogen-bond acceptors (Lipinski definition) is 6. The largest absolute Gasteiger partial charge is 0.340 e. The first-order chi connectivity index (χ1) is 16.5. The van der Waals surface area contributed by atoms with E-state index in [2.05, 4.69) is 39.4 Å². The van der Waals surface area contributed by atoms with Crippen molar-refractivity contribution in [2.75, 3.05) is 26.2 Å². The summed E-state index contributed by atoms with van der Waals surface area (Å²) in [5, 5.41) is 7.75. The number of aromatic nitrogens is 4. The number of carbonyl (C=O) groups excluding carboxylic acids is 1. The number of piperazine rings is 1. The van der Waals surface area contributed by atoms with Gasteiger partial charge in [-0.3, -0.25) is 9.69 Å². The summed E-state index contributed by atoms with van der Waals surface area (Å²) in [6.07, 6.45) is 1.20. The van der Waals surface area contributed by atoms with Crippen molar-refractivity contribution in [3.63, 3.8) is 0 Å². The number of carbonyl (C=O) groups is 1. The first kappa shape index (κ1) is 22.7. The molecule has 8 heteroatoms. The number of hydrogen-bond donors (Lipinski definition) is 0. The molecule has 0 spiro atoms. The molecule has 4 aromatic rings. The van der Waals surface area contributed by atoms with Gasteiger partial charge < -0.3 is 4.90 Å². The van der Waals surface area contributed by atoms with Crippen LogP contribution >= 0.6 is 11.3 Å². The molecule has 4 heterocycles. The molecule has 0 bridgehead atoms. The Hall–Kier alpha value is -3.10. The Balaban J connectivity index is 1.14. The maximum atomic E-state index is 12.9. The van der Waals surface area contributed by atoms with Crippen LogP contribution in [0.2, 0.25) is 0 Å². The Morgan fingerprint density at radius 1 is 1.03 bits per heavy atom. The molecule has 3 aromatic heterocycles. The maximum Gasteiger partial charge on any atom is 0.222 e. The Bertz CT molecular complexity index is 1300. The Morgan fingerprint density at radius 2 is 1.79 bits per heavy atom. The van der Waals surface area contributed by atoms with Crippen LogP contribution in [0, 0.1) is 20.8 Å². The number of rotatable bonds is 6. The minimum Gasteiger partial charge on any atom is -0.340 e. The number of benzene rings is 1. The highest BCUT2D eigenvalue weighted by Gasteiger charge is 2.22. The molecule has 7 nitrogen and oxygen atoms in total. The summed E-state index contributed by atoms with van der Waals surface area (Å²) < 4.78 is 1.89. The molecule has 176 valence electrons. The molecule has 5 rings (SSSR count). The van der Waals surface area contributed by atoms with Crippen molar-refractivity contribution in [3.05, 3.63) is 70.1 Å². The summed E-state index contributed by atoms with van der Waals surface area (Å²) in [5.41, 5.74) is 7.28. The van der Waals surface area contributed by atoms with E-state index in [4.69, 9.17) is 4.98 Å². The van der Waals surface area contributed by atoms with E-state index < -0.39 is 0 Å². The first-order valence-corrected chi connectivity index (χ1v) is 12.7. The van der Waals surface area contributed by atoms with Crippen molar-refractivity contribution in [3.8, 4) is 10.6 Å². The molecule has 0 radical (unpaired) electrons. The summed E-state index contributed by atoms with van der Waals surface area (Å²) in [7, 11) is 0. The number of aryl methyl sites for hydroxylation is 3. The fourth-order valence-corrected chi connectivity index (χ4v) is 5.49. The molecule has 34 heavy (non-hydrogen) atoms. The zero-order chi connectivity index (χ0) is 23.7. The van der Waals surface area contributed by atoms with Gasteiger partial charge in [-0.15, -0.1) is 11.3 Å². The normalized spacial score (nSPS) is 14.7. The molecule has 1 fully saturated rings. The quantitative estimate of drug-likeness (QED) is 0.422. The van der Waals surface area contributed by atoms with Gasteiger partial charge in [-0.25, -0.2) is 14.5 Å². The van der Waals surface area contributed by atoms with Crippen LogP contribution in [0.15, 0.2) is 41.8 Å². The van der Waals surface area contributed by atoms with Crippen molar-refractivity contribution < 1.29 is 4.79 Å². The highest BCUT2D eigenvalue weighted by molar-refractivity contribution is 7.13. The van der Waals surface area contributed by atoms with Gasteiger partial charge in [-0.1, -0.05) is 30.3 Å². The van der Waals surface area contributed by atoms with E-state index in [1.807, 2.05) is 47.5 Å². The van der Waals surface area contributed by atoms with Crippen molar-refractivity contribution in [1.82, 2.24) is 29.4 Å². The standard InChI is InChI=1S/C26H30N6OS/c1-18-15-24-27-19(2)23(20(3)32(24)29-18)9-10-25(33)31-13-11-30(12-14-31)16-22-17-34-26(28-22)21-7-5-4-6-8-21/h4-8,15,17H,9-14,16H2,1-3H3. The van der Waals surface area contributed by atoms with E-state index in [0.29, 0.717) is 12.8 Å². The smallest absolute Gasteiger partial charge is 0.222 e. The molecule has 0 aliphatic carbocycles. The molecule has 1 amide bonds. The van der Waals surface area contributed by atoms with Crippen LogP contribution in [0.3, 0.4) is 0 Å². The molecule has 0 saturated carbocycles. The predicted octanol–water partition coefficient (Wildman–Crippen LogP) is 4.06. The SMILES string of the molecule is Cc1cc2nc(C)c(CCC(=O)N3CCN(Cc4csc(-c5ccccc5)n4)CC3)c(C)n2n1. The zero-order valence-corrected chi connectivity index (χ0v) is 20.8. The summed E-state index contributed by atoms with van der Waals surface area (Å²) in [4.78, 5) is 26.8. The second-order valence-corrected chi connectivity index (χ2v) is 9.84. The average molecular weight is 475 g/mol. The minimum absolute atomic E-state index is 0.218. The third kappa shape index (κ3) is 4.74. The molecule has 0 N–H and O–H groups in total. The third-order valence-corrected chi connectivity index (χ3v) is 7.50. The van der Waals surface area contributed by atoms with Gasteiger partial charge >= 0.3 is 0 Å². The Kier molecular flexibility index (Phi) is 6.43. The first-order valence-electron chi connectivity index (χ1n) is 11.8. The predicted molar refractivity (Wildman–Crippen MR) is 135 cm³/mol. The lowest BCUT2D eigenvalue weighted by molar-refractivity contribution is -0.133. The van der Waals surface area contributed by atoms with Crippen LogP contribution in [0.5, 0.6) is 0 Å². The van der Waals surface area contributed by atoms with Crippen molar-refractivity contribution in [1.29, 1.82) is 0 Å². The van der Waals surface area contributed by atoms with E-state index in [9.17, 15) is 4.79 Å². The molecular formula is C26H30N6OS. The van der Waals surface area contributed by atoms with Crippen LogP contribution in [-0.2, 0) is 17.8 Å². The number of amides is 1.